The van der Waals surface area contributed by atoms with E-state index < -0.39 is 10.7 Å². The number of rotatable bonds is 5. The monoisotopic (exact) mass is 309 g/mol. The van der Waals surface area contributed by atoms with Crippen molar-refractivity contribution in [3.8, 4) is 5.75 Å². The Balaban J connectivity index is 2.03. The molecule has 0 spiro atoms. The molecule has 2 aromatic carbocycles. The Morgan fingerprint density at radius 2 is 1.90 bits per heavy atom. The molecule has 0 saturated heterocycles. The van der Waals surface area contributed by atoms with Gasteiger partial charge >= 0.3 is 0 Å². The molecule has 7 heteroatoms. The molecule has 0 unspecified atom stereocenters. The van der Waals surface area contributed by atoms with Crippen LogP contribution in [0.4, 0.5) is 10.1 Å². The van der Waals surface area contributed by atoms with E-state index in [0.29, 0.717) is 5.56 Å². The summed E-state index contributed by atoms with van der Waals surface area (Å²) in [4.78, 5) is 21.8. The lowest BCUT2D eigenvalue weighted by Gasteiger charge is -2.06. The van der Waals surface area contributed by atoms with Crippen LogP contribution in [0.1, 0.15) is 10.4 Å². The van der Waals surface area contributed by atoms with Gasteiger partial charge in [-0.3, -0.25) is 14.9 Å². The lowest BCUT2D eigenvalue weighted by molar-refractivity contribution is -0.384. The van der Waals surface area contributed by atoms with Crippen molar-refractivity contribution in [2.45, 2.75) is 0 Å². The first kappa shape index (κ1) is 14.9. The van der Waals surface area contributed by atoms with Crippen molar-refractivity contribution in [2.75, 3.05) is 6.61 Å². The minimum atomic E-state index is -0.615. The highest BCUT2D eigenvalue weighted by Gasteiger charge is 2.13. The van der Waals surface area contributed by atoms with E-state index in [1.165, 1.54) is 42.5 Å². The molecule has 0 aliphatic rings. The number of hydrogen-bond acceptors (Lipinski definition) is 4. The second-order valence-corrected chi connectivity index (χ2v) is 4.50. The lowest BCUT2D eigenvalue weighted by atomic mass is 10.1. The molecule has 0 N–H and O–H groups in total. The van der Waals surface area contributed by atoms with Crippen LogP contribution in [0.5, 0.6) is 5.75 Å². The first-order valence-electron chi connectivity index (χ1n) is 5.83. The number of carbonyl (C=O) groups is 1. The Kier molecular flexibility index (Phi) is 4.49. The van der Waals surface area contributed by atoms with Crippen molar-refractivity contribution < 1.29 is 18.8 Å². The summed E-state index contributed by atoms with van der Waals surface area (Å²) in [6.45, 7) is -0.278. The number of nitro groups is 1. The number of ketones is 1. The second kappa shape index (κ2) is 6.32. The van der Waals surface area contributed by atoms with Gasteiger partial charge in [-0.25, -0.2) is 4.39 Å². The maximum Gasteiger partial charge on any atom is 0.288 e. The molecular formula is C14H9ClFNO4. The highest BCUT2D eigenvalue weighted by molar-refractivity contribution is 6.32. The highest BCUT2D eigenvalue weighted by Crippen LogP contribution is 2.28. The molecule has 0 amide bonds. The third kappa shape index (κ3) is 3.76. The molecule has 0 aromatic heterocycles. The maximum absolute atomic E-state index is 12.7. The maximum atomic E-state index is 12.7. The summed E-state index contributed by atoms with van der Waals surface area (Å²) in [5, 5.41) is 10.5. The smallest absolute Gasteiger partial charge is 0.288 e. The average molecular weight is 310 g/mol. The normalized spacial score (nSPS) is 10.2. The largest absolute Gasteiger partial charge is 0.485 e. The summed E-state index contributed by atoms with van der Waals surface area (Å²) in [6, 6.07) is 8.86. The molecule has 0 aliphatic carbocycles. The van der Waals surface area contributed by atoms with Gasteiger partial charge in [-0.2, -0.15) is 0 Å². The van der Waals surface area contributed by atoms with Crippen LogP contribution in [0.15, 0.2) is 42.5 Å². The van der Waals surface area contributed by atoms with E-state index in [2.05, 4.69) is 0 Å². The first-order valence-corrected chi connectivity index (χ1v) is 6.20. The minimum Gasteiger partial charge on any atom is -0.485 e. The number of hydrogen-bond donors (Lipinski definition) is 0. The van der Waals surface area contributed by atoms with Crippen LogP contribution < -0.4 is 4.74 Å². The van der Waals surface area contributed by atoms with Crippen molar-refractivity contribution in [1.29, 1.82) is 0 Å². The Morgan fingerprint density at radius 3 is 2.48 bits per heavy atom. The van der Waals surface area contributed by atoms with Gasteiger partial charge in [0.05, 0.1) is 4.92 Å². The summed E-state index contributed by atoms with van der Waals surface area (Å²) >= 11 is 5.73. The molecule has 0 bridgehead atoms. The predicted molar refractivity (Wildman–Crippen MR) is 74.3 cm³/mol. The van der Waals surface area contributed by atoms with Crippen LogP contribution in [0.3, 0.4) is 0 Å². The fourth-order valence-corrected chi connectivity index (χ4v) is 1.83. The van der Waals surface area contributed by atoms with E-state index in [9.17, 15) is 19.3 Å². The van der Waals surface area contributed by atoms with Gasteiger partial charge in [0.1, 0.15) is 16.6 Å². The van der Waals surface area contributed by atoms with Crippen molar-refractivity contribution in [3.63, 3.8) is 0 Å². The SMILES string of the molecule is O=C(COc1ccc([N+](=O)[O-])c(Cl)c1)c1ccc(F)cc1. The molecule has 0 aliphatic heterocycles. The third-order valence-corrected chi connectivity index (χ3v) is 2.95. The van der Waals surface area contributed by atoms with E-state index in [0.717, 1.165) is 0 Å². The van der Waals surface area contributed by atoms with E-state index in [4.69, 9.17) is 16.3 Å². The van der Waals surface area contributed by atoms with Gasteiger partial charge in [0.25, 0.3) is 5.69 Å². The fourth-order valence-electron chi connectivity index (χ4n) is 1.59. The second-order valence-electron chi connectivity index (χ2n) is 4.09. The van der Waals surface area contributed by atoms with Gasteiger partial charge in [0.2, 0.25) is 0 Å². The summed E-state index contributed by atoms with van der Waals surface area (Å²) in [7, 11) is 0. The van der Waals surface area contributed by atoms with Crippen LogP contribution in [-0.2, 0) is 0 Å². The van der Waals surface area contributed by atoms with Gasteiger partial charge in [0, 0.05) is 17.7 Å². The Morgan fingerprint density at radius 1 is 1.24 bits per heavy atom. The molecule has 0 heterocycles. The number of nitrogens with zero attached hydrogens (tertiary/aromatic N) is 1. The average Bonchev–Trinajstić information content (AvgIpc) is 2.45. The van der Waals surface area contributed by atoms with Crippen LogP contribution in [-0.4, -0.2) is 17.3 Å². The fraction of sp³-hybridized carbons (Fsp3) is 0.0714. The molecule has 2 aromatic rings. The molecule has 0 radical (unpaired) electrons. The van der Waals surface area contributed by atoms with Crippen LogP contribution in [0.25, 0.3) is 0 Å². The summed E-state index contributed by atoms with van der Waals surface area (Å²) in [5.74, 6) is -0.542. The van der Waals surface area contributed by atoms with E-state index in [-0.39, 0.29) is 28.8 Å². The summed E-state index contributed by atoms with van der Waals surface area (Å²) in [6.07, 6.45) is 0. The van der Waals surface area contributed by atoms with E-state index in [1.54, 1.807) is 0 Å². The lowest BCUT2D eigenvalue weighted by Crippen LogP contribution is -2.11. The van der Waals surface area contributed by atoms with Gasteiger partial charge in [0.15, 0.2) is 12.4 Å². The molecule has 21 heavy (non-hydrogen) atoms. The molecule has 108 valence electrons. The first-order chi connectivity index (χ1) is 9.97. The summed E-state index contributed by atoms with van der Waals surface area (Å²) in [5.41, 5.74) is 0.0679. The third-order valence-electron chi connectivity index (χ3n) is 2.65. The van der Waals surface area contributed by atoms with Gasteiger partial charge < -0.3 is 4.74 Å². The molecule has 0 atom stereocenters. The number of carbonyl (C=O) groups excluding carboxylic acids is 1. The van der Waals surface area contributed by atoms with Gasteiger partial charge in [-0.1, -0.05) is 11.6 Å². The zero-order chi connectivity index (χ0) is 15.4. The number of ether oxygens (including phenoxy) is 1. The number of nitro benzene ring substituents is 1. The number of benzene rings is 2. The molecule has 0 saturated carbocycles. The Hall–Kier alpha value is -2.47. The molecular weight excluding hydrogens is 301 g/mol. The zero-order valence-corrected chi connectivity index (χ0v) is 11.3. The summed E-state index contributed by atoms with van der Waals surface area (Å²) < 4.78 is 18.0. The predicted octanol–water partition coefficient (Wildman–Crippen LogP) is 3.65. The molecule has 2 rings (SSSR count). The van der Waals surface area contributed by atoms with Crippen LogP contribution >= 0.6 is 11.6 Å². The highest BCUT2D eigenvalue weighted by atomic mass is 35.5. The van der Waals surface area contributed by atoms with Gasteiger partial charge in [-0.05, 0) is 30.3 Å². The number of halogens is 2. The van der Waals surface area contributed by atoms with Crippen molar-refractivity contribution in [2.24, 2.45) is 0 Å². The molecule has 5 nitrogen and oxygen atoms in total. The Labute approximate surface area is 124 Å². The zero-order valence-electron chi connectivity index (χ0n) is 10.6. The van der Waals surface area contributed by atoms with Gasteiger partial charge in [-0.15, -0.1) is 0 Å². The Bertz CT molecular complexity index is 688. The van der Waals surface area contributed by atoms with Crippen molar-refractivity contribution >= 4 is 23.1 Å². The van der Waals surface area contributed by atoms with E-state index >= 15 is 0 Å². The van der Waals surface area contributed by atoms with Crippen molar-refractivity contribution in [1.82, 2.24) is 0 Å². The standard InChI is InChI=1S/C14H9ClFNO4/c15-12-7-11(5-6-13(12)17(19)20)21-8-14(18)9-1-3-10(16)4-2-9/h1-7H,8H2. The van der Waals surface area contributed by atoms with E-state index in [1.807, 2.05) is 0 Å². The van der Waals surface area contributed by atoms with Crippen LogP contribution in [0, 0.1) is 15.9 Å². The molecule has 0 fully saturated rings. The van der Waals surface area contributed by atoms with Crippen molar-refractivity contribution in [3.05, 3.63) is 69.0 Å². The van der Waals surface area contributed by atoms with Crippen LogP contribution in [0.2, 0.25) is 5.02 Å². The quantitative estimate of drug-likeness (QED) is 0.480. The number of Topliss-reactive ketones (excluding diaryl/α,β-unsaturated/α-hetero) is 1. The minimum absolute atomic E-state index is 0.0771. The topological polar surface area (TPSA) is 69.4 Å².